The molecule has 0 saturated carbocycles. The van der Waals surface area contributed by atoms with Crippen LogP contribution in [-0.4, -0.2) is 10.8 Å². The Kier molecular flexibility index (Phi) is 7.91. The van der Waals surface area contributed by atoms with Crippen LogP contribution in [0.15, 0.2) is 66.2 Å². The molecule has 0 spiro atoms. The summed E-state index contributed by atoms with van der Waals surface area (Å²) in [5.41, 5.74) is 0.794. The van der Waals surface area contributed by atoms with Gasteiger partial charge in [0.1, 0.15) is 23.3 Å². The smallest absolute Gasteiger partial charge is 0.289 e. The van der Waals surface area contributed by atoms with Gasteiger partial charge in [0.05, 0.1) is 15.0 Å². The number of halogens is 3. The summed E-state index contributed by atoms with van der Waals surface area (Å²) < 4.78 is 5.71. The molecule has 7 nitrogen and oxygen atoms in total. The number of carbonyl (C=O) groups is 1. The van der Waals surface area contributed by atoms with Crippen LogP contribution in [0.2, 0.25) is 15.1 Å². The van der Waals surface area contributed by atoms with E-state index < -0.39 is 10.8 Å². The van der Waals surface area contributed by atoms with Gasteiger partial charge < -0.3 is 10.1 Å². The summed E-state index contributed by atoms with van der Waals surface area (Å²) >= 11 is 18.4. The summed E-state index contributed by atoms with van der Waals surface area (Å²) in [6.07, 6.45) is 1.29. The highest BCUT2D eigenvalue weighted by atomic mass is 35.5. The van der Waals surface area contributed by atoms with Crippen LogP contribution >= 0.6 is 34.8 Å². The van der Waals surface area contributed by atoms with E-state index in [1.807, 2.05) is 30.3 Å². The maximum Gasteiger partial charge on any atom is 0.289 e. The fourth-order valence-corrected chi connectivity index (χ4v) is 3.57. The van der Waals surface area contributed by atoms with E-state index in [4.69, 9.17) is 39.5 Å². The number of nitrogens with zero attached hydrogens (tertiary/aromatic N) is 2. The first-order chi connectivity index (χ1) is 15.8. The van der Waals surface area contributed by atoms with Crippen molar-refractivity contribution in [2.75, 3.05) is 5.32 Å². The second-order valence-electron chi connectivity index (χ2n) is 6.64. The largest absolute Gasteiger partial charge is 0.486 e. The maximum absolute atomic E-state index is 12.5. The minimum Gasteiger partial charge on any atom is -0.486 e. The molecule has 3 aromatic carbocycles. The highest BCUT2D eigenvalue weighted by Crippen LogP contribution is 2.35. The minimum atomic E-state index is -0.772. The zero-order valence-electron chi connectivity index (χ0n) is 16.7. The molecule has 0 fully saturated rings. The number of nitrogens with one attached hydrogen (secondary N) is 1. The van der Waals surface area contributed by atoms with Crippen LogP contribution in [0.3, 0.4) is 0 Å². The fraction of sp³-hybridized carbons (Fsp3) is 0.0435. The molecular formula is C23H14Cl3N3O4. The second kappa shape index (κ2) is 10.8. The third kappa shape index (κ3) is 6.24. The van der Waals surface area contributed by atoms with Crippen LogP contribution in [0, 0.1) is 21.4 Å². The number of anilines is 1. The van der Waals surface area contributed by atoms with Gasteiger partial charge in [-0.2, -0.15) is 5.26 Å². The van der Waals surface area contributed by atoms with E-state index in [9.17, 15) is 20.2 Å². The average molecular weight is 503 g/mol. The van der Waals surface area contributed by atoms with E-state index in [0.717, 1.165) is 11.6 Å². The molecule has 0 heterocycles. The van der Waals surface area contributed by atoms with Gasteiger partial charge in [0.2, 0.25) is 0 Å². The van der Waals surface area contributed by atoms with Gasteiger partial charge in [0, 0.05) is 11.8 Å². The summed E-state index contributed by atoms with van der Waals surface area (Å²) in [6.45, 7) is 0.258. The van der Waals surface area contributed by atoms with Crippen molar-refractivity contribution in [3.8, 4) is 11.8 Å². The Morgan fingerprint density at radius 1 is 1.06 bits per heavy atom. The van der Waals surface area contributed by atoms with Crippen molar-refractivity contribution in [1.29, 1.82) is 5.26 Å². The predicted molar refractivity (Wildman–Crippen MR) is 128 cm³/mol. The molecule has 0 bridgehead atoms. The number of hydrogen-bond acceptors (Lipinski definition) is 5. The molecule has 1 amide bonds. The van der Waals surface area contributed by atoms with E-state index >= 15 is 0 Å². The van der Waals surface area contributed by atoms with E-state index in [1.54, 1.807) is 6.07 Å². The molecule has 1 N–H and O–H groups in total. The first-order valence-corrected chi connectivity index (χ1v) is 10.4. The third-order valence-electron chi connectivity index (χ3n) is 4.32. The number of ether oxygens (including phenoxy) is 1. The molecule has 33 heavy (non-hydrogen) atoms. The zero-order valence-corrected chi connectivity index (χ0v) is 19.0. The number of rotatable bonds is 7. The molecule has 0 aliphatic heterocycles. The quantitative estimate of drug-likeness (QED) is 0.168. The molecule has 0 atom stereocenters. The van der Waals surface area contributed by atoms with Gasteiger partial charge in [-0.1, -0.05) is 65.1 Å². The van der Waals surface area contributed by atoms with Crippen LogP contribution in [0.1, 0.15) is 11.1 Å². The average Bonchev–Trinajstić information content (AvgIpc) is 2.78. The molecule has 3 aromatic rings. The van der Waals surface area contributed by atoms with Crippen LogP contribution in [0.25, 0.3) is 6.08 Å². The number of hydrogen-bond donors (Lipinski definition) is 1. The van der Waals surface area contributed by atoms with Crippen LogP contribution in [-0.2, 0) is 11.4 Å². The lowest BCUT2D eigenvalue weighted by molar-refractivity contribution is -0.384. The molecule has 3 rings (SSSR count). The highest BCUT2D eigenvalue weighted by molar-refractivity contribution is 6.37. The standard InChI is InChI=1S/C23H14Cl3N3O4/c24-18-7-6-17(11-21(18)29(31)32)28-23(30)16(12-27)8-15-9-19(25)22(20(26)10-15)33-13-14-4-2-1-3-5-14/h1-11H,13H2,(H,28,30)/b16-8+. The Morgan fingerprint density at radius 3 is 2.33 bits per heavy atom. The molecule has 0 aliphatic rings. The summed E-state index contributed by atoms with van der Waals surface area (Å²) in [7, 11) is 0. The predicted octanol–water partition coefficient (Wildman–Crippen LogP) is 6.68. The Labute approximate surface area is 203 Å². The van der Waals surface area contributed by atoms with Crippen molar-refractivity contribution in [1.82, 2.24) is 0 Å². The summed E-state index contributed by atoms with van der Waals surface area (Å²) in [6, 6.07) is 18.0. The van der Waals surface area contributed by atoms with Crippen molar-refractivity contribution in [3.05, 3.63) is 103 Å². The topological polar surface area (TPSA) is 105 Å². The van der Waals surface area contributed by atoms with Crippen LogP contribution in [0.4, 0.5) is 11.4 Å². The number of nitro groups is 1. The van der Waals surface area contributed by atoms with Gasteiger partial charge in [-0.15, -0.1) is 0 Å². The molecule has 0 saturated heterocycles. The van der Waals surface area contributed by atoms with Crippen LogP contribution in [0.5, 0.6) is 5.75 Å². The van der Waals surface area contributed by atoms with Crippen molar-refractivity contribution in [3.63, 3.8) is 0 Å². The maximum atomic E-state index is 12.5. The lowest BCUT2D eigenvalue weighted by Crippen LogP contribution is -2.13. The highest BCUT2D eigenvalue weighted by Gasteiger charge is 2.16. The molecule has 0 radical (unpaired) electrons. The number of nitro benzene ring substituents is 1. The van der Waals surface area contributed by atoms with Crippen molar-refractivity contribution >= 4 is 58.2 Å². The Bertz CT molecular complexity index is 1260. The lowest BCUT2D eigenvalue weighted by Gasteiger charge is -2.11. The molecule has 166 valence electrons. The summed E-state index contributed by atoms with van der Waals surface area (Å²) in [5, 5.41) is 23.2. The van der Waals surface area contributed by atoms with E-state index in [0.29, 0.717) is 5.56 Å². The molecule has 0 aromatic heterocycles. The Hall–Kier alpha value is -3.57. The summed E-state index contributed by atoms with van der Waals surface area (Å²) in [4.78, 5) is 22.9. The third-order valence-corrected chi connectivity index (χ3v) is 5.20. The fourth-order valence-electron chi connectivity index (χ4n) is 2.77. The lowest BCUT2D eigenvalue weighted by atomic mass is 10.1. The van der Waals surface area contributed by atoms with Crippen molar-refractivity contribution in [2.24, 2.45) is 0 Å². The zero-order chi connectivity index (χ0) is 24.0. The first-order valence-electron chi connectivity index (χ1n) is 9.31. The monoisotopic (exact) mass is 501 g/mol. The molecular weight excluding hydrogens is 489 g/mol. The number of nitriles is 1. The number of benzene rings is 3. The van der Waals surface area contributed by atoms with Gasteiger partial charge in [0.15, 0.2) is 5.75 Å². The molecule has 10 heteroatoms. The Balaban J connectivity index is 1.79. The van der Waals surface area contributed by atoms with Gasteiger partial charge in [-0.25, -0.2) is 0 Å². The minimum absolute atomic E-state index is 0.0760. The van der Waals surface area contributed by atoms with Gasteiger partial charge in [0.25, 0.3) is 11.6 Å². The van der Waals surface area contributed by atoms with Gasteiger partial charge in [-0.05, 0) is 41.5 Å². The first kappa shape index (κ1) is 24.1. The van der Waals surface area contributed by atoms with Gasteiger partial charge in [-0.3, -0.25) is 14.9 Å². The van der Waals surface area contributed by atoms with E-state index in [-0.39, 0.29) is 44.4 Å². The van der Waals surface area contributed by atoms with Crippen LogP contribution < -0.4 is 10.1 Å². The van der Waals surface area contributed by atoms with E-state index in [2.05, 4.69) is 5.32 Å². The second-order valence-corrected chi connectivity index (χ2v) is 7.86. The number of amides is 1. The van der Waals surface area contributed by atoms with Crippen molar-refractivity contribution < 1.29 is 14.5 Å². The summed E-state index contributed by atoms with van der Waals surface area (Å²) in [5.74, 6) is -0.499. The SMILES string of the molecule is N#C/C(=C\c1cc(Cl)c(OCc2ccccc2)c(Cl)c1)C(=O)Nc1ccc(Cl)c([N+](=O)[O-])c1. The normalized spacial score (nSPS) is 10.9. The Morgan fingerprint density at radius 2 is 1.73 bits per heavy atom. The molecule has 0 unspecified atom stereocenters. The number of carbonyl (C=O) groups excluding carboxylic acids is 1. The van der Waals surface area contributed by atoms with E-state index in [1.165, 1.54) is 30.3 Å². The molecule has 0 aliphatic carbocycles. The van der Waals surface area contributed by atoms with Crippen molar-refractivity contribution in [2.45, 2.75) is 6.61 Å². The van der Waals surface area contributed by atoms with Gasteiger partial charge >= 0.3 is 0 Å².